The van der Waals surface area contributed by atoms with Gasteiger partial charge in [-0.25, -0.2) is 0 Å². The topological polar surface area (TPSA) is 0 Å². The molecule has 0 bridgehead atoms. The lowest BCUT2D eigenvalue weighted by atomic mass is 9.70. The molecule has 0 saturated heterocycles. The third-order valence-corrected chi connectivity index (χ3v) is 5.89. The Labute approximate surface area is 144 Å². The van der Waals surface area contributed by atoms with Gasteiger partial charge in [0.2, 0.25) is 0 Å². The molecular weight excluding hydrogens is 343 g/mol. The largest absolute Gasteiger partial charge is 0.127 e. The third kappa shape index (κ3) is 2.70. The quantitative estimate of drug-likeness (QED) is 0.575. The molecule has 0 saturated carbocycles. The number of alkyl halides is 2. The first-order valence-electron chi connectivity index (χ1n) is 6.90. The fourth-order valence-corrected chi connectivity index (χ4v) is 5.24. The van der Waals surface area contributed by atoms with Crippen molar-refractivity contribution >= 4 is 46.6 Å². The molecule has 2 aromatic rings. The molecule has 3 rings (SSSR count). The summed E-state index contributed by atoms with van der Waals surface area (Å²) in [6.07, 6.45) is 1.73. The summed E-state index contributed by atoms with van der Waals surface area (Å²) in [7, 11) is 0. The van der Waals surface area contributed by atoms with Crippen LogP contribution in [0, 0.1) is 0 Å². The van der Waals surface area contributed by atoms with E-state index in [0.29, 0.717) is 11.8 Å². The van der Waals surface area contributed by atoms with E-state index in [9.17, 15) is 0 Å². The Balaban J connectivity index is 2.27. The van der Waals surface area contributed by atoms with Crippen molar-refractivity contribution < 1.29 is 0 Å². The molecule has 0 aliphatic carbocycles. The molecule has 110 valence electrons. The highest BCUT2D eigenvalue weighted by atomic mass is 35.5. The first-order chi connectivity index (χ1) is 10.2. The fourth-order valence-electron chi connectivity index (χ4n) is 3.17. The second-order valence-corrected chi connectivity index (χ2v) is 7.47. The first kappa shape index (κ1) is 15.6. The van der Waals surface area contributed by atoms with Crippen LogP contribution in [0.2, 0.25) is 5.02 Å². The van der Waals surface area contributed by atoms with E-state index in [1.807, 2.05) is 6.07 Å². The Bertz CT molecular complexity index is 648. The minimum absolute atomic E-state index is 0.133. The van der Waals surface area contributed by atoms with E-state index < -0.39 is 0 Å². The fraction of sp³-hybridized carbons (Fsp3) is 0.294. The van der Waals surface area contributed by atoms with E-state index in [1.165, 1.54) is 20.9 Å². The Kier molecular flexibility index (Phi) is 4.75. The number of benzene rings is 2. The van der Waals surface area contributed by atoms with E-state index >= 15 is 0 Å². The van der Waals surface area contributed by atoms with Gasteiger partial charge in [-0.15, -0.1) is 23.2 Å². The number of hydrogen-bond acceptors (Lipinski definition) is 1. The number of fused-ring (bicyclic) bond motifs is 2. The lowest BCUT2D eigenvalue weighted by Gasteiger charge is -2.40. The highest BCUT2D eigenvalue weighted by Crippen LogP contribution is 2.53. The highest BCUT2D eigenvalue weighted by Gasteiger charge is 2.40. The van der Waals surface area contributed by atoms with Crippen molar-refractivity contribution in [2.75, 3.05) is 11.8 Å². The van der Waals surface area contributed by atoms with Crippen LogP contribution in [-0.4, -0.2) is 11.8 Å². The van der Waals surface area contributed by atoms with Crippen molar-refractivity contribution in [1.29, 1.82) is 0 Å². The van der Waals surface area contributed by atoms with Gasteiger partial charge in [0.15, 0.2) is 0 Å². The second-order valence-electron chi connectivity index (χ2n) is 5.20. The molecule has 0 amide bonds. The number of rotatable bonds is 4. The smallest absolute Gasteiger partial charge is 0.0409 e. The van der Waals surface area contributed by atoms with Gasteiger partial charge in [-0.1, -0.05) is 41.6 Å². The van der Waals surface area contributed by atoms with Gasteiger partial charge in [-0.3, -0.25) is 0 Å². The van der Waals surface area contributed by atoms with E-state index in [-0.39, 0.29) is 5.41 Å². The van der Waals surface area contributed by atoms with Gasteiger partial charge < -0.3 is 0 Å². The van der Waals surface area contributed by atoms with Crippen molar-refractivity contribution in [2.24, 2.45) is 0 Å². The molecular formula is C17H15Cl3S. The van der Waals surface area contributed by atoms with Gasteiger partial charge in [0.05, 0.1) is 0 Å². The van der Waals surface area contributed by atoms with Crippen LogP contribution in [0.15, 0.2) is 52.3 Å². The molecule has 1 aliphatic heterocycles. The number of hydrogen-bond donors (Lipinski definition) is 0. The highest BCUT2D eigenvalue weighted by molar-refractivity contribution is 7.99. The van der Waals surface area contributed by atoms with Crippen LogP contribution < -0.4 is 0 Å². The number of halogens is 3. The molecule has 2 aromatic carbocycles. The molecule has 0 N–H and O–H groups in total. The maximum absolute atomic E-state index is 6.26. The summed E-state index contributed by atoms with van der Waals surface area (Å²) in [4.78, 5) is 2.55. The van der Waals surface area contributed by atoms with Crippen LogP contribution in [0.1, 0.15) is 24.0 Å². The van der Waals surface area contributed by atoms with Gasteiger partial charge >= 0.3 is 0 Å². The summed E-state index contributed by atoms with van der Waals surface area (Å²) in [6, 6.07) is 14.7. The lowest BCUT2D eigenvalue weighted by molar-refractivity contribution is 0.463. The Morgan fingerprint density at radius 3 is 2.24 bits per heavy atom. The van der Waals surface area contributed by atoms with Crippen LogP contribution in [0.3, 0.4) is 0 Å². The maximum atomic E-state index is 6.26. The van der Waals surface area contributed by atoms with Crippen LogP contribution in [0.4, 0.5) is 0 Å². The summed E-state index contributed by atoms with van der Waals surface area (Å²) in [5.74, 6) is 1.20. The molecule has 0 atom stereocenters. The average molecular weight is 358 g/mol. The van der Waals surface area contributed by atoms with Crippen LogP contribution in [-0.2, 0) is 5.41 Å². The van der Waals surface area contributed by atoms with Crippen LogP contribution in [0.5, 0.6) is 0 Å². The van der Waals surface area contributed by atoms with Gasteiger partial charge in [0.1, 0.15) is 0 Å². The van der Waals surface area contributed by atoms with Gasteiger partial charge in [-0.2, -0.15) is 0 Å². The van der Waals surface area contributed by atoms with E-state index in [1.54, 1.807) is 11.8 Å². The molecule has 21 heavy (non-hydrogen) atoms. The SMILES string of the molecule is ClCCC1(CCCl)c2ccccc2Sc2ccc(Cl)cc21. The van der Waals surface area contributed by atoms with Crippen LogP contribution in [0.25, 0.3) is 0 Å². The summed E-state index contributed by atoms with van der Waals surface area (Å²) < 4.78 is 0. The zero-order valence-corrected chi connectivity index (χ0v) is 14.5. The summed E-state index contributed by atoms with van der Waals surface area (Å²) >= 11 is 20.4. The normalized spacial score (nSPS) is 15.4. The Morgan fingerprint density at radius 2 is 1.52 bits per heavy atom. The van der Waals surface area contributed by atoms with E-state index in [0.717, 1.165) is 17.9 Å². The lowest BCUT2D eigenvalue weighted by Crippen LogP contribution is -2.32. The first-order valence-corrected chi connectivity index (χ1v) is 9.17. The molecule has 0 unspecified atom stereocenters. The van der Waals surface area contributed by atoms with Gasteiger partial charge in [0, 0.05) is 32.0 Å². The van der Waals surface area contributed by atoms with Crippen molar-refractivity contribution in [3.8, 4) is 0 Å². The molecule has 0 radical (unpaired) electrons. The van der Waals surface area contributed by atoms with Gasteiger partial charge in [-0.05, 0) is 48.2 Å². The van der Waals surface area contributed by atoms with Crippen molar-refractivity contribution in [1.82, 2.24) is 0 Å². The van der Waals surface area contributed by atoms with Crippen molar-refractivity contribution in [3.05, 3.63) is 58.6 Å². The van der Waals surface area contributed by atoms with Crippen molar-refractivity contribution in [3.63, 3.8) is 0 Å². The van der Waals surface area contributed by atoms with Crippen molar-refractivity contribution in [2.45, 2.75) is 28.0 Å². The monoisotopic (exact) mass is 356 g/mol. The molecule has 1 heterocycles. The van der Waals surface area contributed by atoms with Crippen LogP contribution >= 0.6 is 46.6 Å². The molecule has 0 aromatic heterocycles. The zero-order chi connectivity index (χ0) is 14.9. The maximum Gasteiger partial charge on any atom is 0.0409 e. The van der Waals surface area contributed by atoms with E-state index in [4.69, 9.17) is 34.8 Å². The predicted octanol–water partition coefficient (Wildman–Crippen LogP) is 6.35. The van der Waals surface area contributed by atoms with E-state index in [2.05, 4.69) is 36.4 Å². The second kappa shape index (κ2) is 6.42. The average Bonchev–Trinajstić information content (AvgIpc) is 2.49. The zero-order valence-electron chi connectivity index (χ0n) is 11.4. The molecule has 0 fully saturated rings. The molecule has 0 nitrogen and oxygen atoms in total. The molecule has 1 aliphatic rings. The summed E-state index contributed by atoms with van der Waals surface area (Å²) in [6.45, 7) is 0. The minimum atomic E-state index is -0.133. The predicted molar refractivity (Wildman–Crippen MR) is 93.5 cm³/mol. The standard InChI is InChI=1S/C17H15Cl3S/c18-9-7-17(8-10-19)13-3-1-2-4-15(13)21-16-6-5-12(20)11-14(16)17/h1-6,11H,7-10H2. The van der Waals surface area contributed by atoms with Gasteiger partial charge in [0.25, 0.3) is 0 Å². The minimum Gasteiger partial charge on any atom is -0.127 e. The molecule has 0 spiro atoms. The summed E-state index contributed by atoms with van der Waals surface area (Å²) in [5.41, 5.74) is 2.46. The Morgan fingerprint density at radius 1 is 0.857 bits per heavy atom. The Hall–Kier alpha value is -0.340. The third-order valence-electron chi connectivity index (χ3n) is 4.12. The summed E-state index contributed by atoms with van der Waals surface area (Å²) in [5, 5.41) is 0.766. The molecule has 4 heteroatoms.